The van der Waals surface area contributed by atoms with Crippen molar-refractivity contribution in [2.24, 2.45) is 0 Å². The summed E-state index contributed by atoms with van der Waals surface area (Å²) in [6, 6.07) is 18.5. The number of anilines is 1. The van der Waals surface area contributed by atoms with Crippen molar-refractivity contribution in [3.8, 4) is 17.0 Å². The lowest BCUT2D eigenvalue weighted by Gasteiger charge is -2.26. The second-order valence-corrected chi connectivity index (χ2v) is 10.6. The number of nitrogens with zero attached hydrogens (tertiary/aromatic N) is 1. The maximum Gasteiger partial charge on any atom is 0.243 e. The van der Waals surface area contributed by atoms with Gasteiger partial charge in [0.05, 0.1) is 29.9 Å². The number of aromatic nitrogens is 1. The van der Waals surface area contributed by atoms with Gasteiger partial charge >= 0.3 is 0 Å². The van der Waals surface area contributed by atoms with Gasteiger partial charge in [0.15, 0.2) is 0 Å². The third kappa shape index (κ3) is 6.30. The molecular formula is C26H31N3O5S. The van der Waals surface area contributed by atoms with Crippen LogP contribution in [0.3, 0.4) is 0 Å². The lowest BCUT2D eigenvalue weighted by Crippen LogP contribution is -2.40. The highest BCUT2D eigenvalue weighted by molar-refractivity contribution is 7.89. The van der Waals surface area contributed by atoms with Gasteiger partial charge in [-0.15, -0.1) is 0 Å². The summed E-state index contributed by atoms with van der Waals surface area (Å²) in [5.41, 5.74) is 3.36. The highest BCUT2D eigenvalue weighted by atomic mass is 32.2. The molecule has 1 aromatic heterocycles. The summed E-state index contributed by atoms with van der Waals surface area (Å²) in [5, 5.41) is 2.85. The van der Waals surface area contributed by atoms with Gasteiger partial charge in [-0.05, 0) is 56.2 Å². The highest BCUT2D eigenvalue weighted by Gasteiger charge is 2.27. The van der Waals surface area contributed by atoms with Crippen molar-refractivity contribution >= 4 is 21.6 Å². The topological polar surface area (TPSA) is 101 Å². The first-order valence-electron chi connectivity index (χ1n) is 11.7. The van der Waals surface area contributed by atoms with E-state index in [0.717, 1.165) is 17.0 Å². The number of H-pyrrole nitrogens is 1. The predicted octanol–water partition coefficient (Wildman–Crippen LogP) is 4.06. The molecule has 2 aromatic carbocycles. The lowest BCUT2D eigenvalue weighted by molar-refractivity contribution is -0.116. The Labute approximate surface area is 206 Å². The van der Waals surface area contributed by atoms with Crippen LogP contribution in [-0.4, -0.2) is 56.0 Å². The fourth-order valence-electron chi connectivity index (χ4n) is 3.89. The molecule has 1 amide bonds. The zero-order valence-electron chi connectivity index (χ0n) is 20.0. The average Bonchev–Trinajstić information content (AvgIpc) is 3.34. The normalized spacial score (nSPS) is 14.7. The van der Waals surface area contributed by atoms with Crippen LogP contribution in [0.2, 0.25) is 0 Å². The van der Waals surface area contributed by atoms with E-state index in [4.69, 9.17) is 9.47 Å². The van der Waals surface area contributed by atoms with Gasteiger partial charge in [-0.25, -0.2) is 8.42 Å². The monoisotopic (exact) mass is 497 g/mol. The molecule has 0 bridgehead atoms. The summed E-state index contributed by atoms with van der Waals surface area (Å²) >= 11 is 0. The van der Waals surface area contributed by atoms with Gasteiger partial charge in [0.25, 0.3) is 0 Å². The maximum atomic E-state index is 13.1. The molecule has 0 radical (unpaired) electrons. The van der Waals surface area contributed by atoms with E-state index in [2.05, 4.69) is 10.3 Å². The van der Waals surface area contributed by atoms with Crippen molar-refractivity contribution in [2.75, 3.05) is 31.6 Å². The second kappa shape index (κ2) is 11.1. The molecule has 1 fully saturated rings. The third-order valence-corrected chi connectivity index (χ3v) is 7.54. The van der Waals surface area contributed by atoms with Crippen LogP contribution in [0, 0.1) is 0 Å². The van der Waals surface area contributed by atoms with E-state index < -0.39 is 10.0 Å². The van der Waals surface area contributed by atoms with Gasteiger partial charge in [0, 0.05) is 30.9 Å². The molecular weight excluding hydrogens is 466 g/mol. The van der Waals surface area contributed by atoms with E-state index in [9.17, 15) is 13.2 Å². The number of morpholine rings is 1. The van der Waals surface area contributed by atoms with Gasteiger partial charge < -0.3 is 19.8 Å². The van der Waals surface area contributed by atoms with Crippen molar-refractivity contribution in [1.29, 1.82) is 0 Å². The largest absolute Gasteiger partial charge is 0.489 e. The number of hydrogen-bond acceptors (Lipinski definition) is 5. The van der Waals surface area contributed by atoms with E-state index >= 15 is 0 Å². The third-order valence-electron chi connectivity index (χ3n) is 5.65. The van der Waals surface area contributed by atoms with Gasteiger partial charge in [-0.2, -0.15) is 4.31 Å². The van der Waals surface area contributed by atoms with E-state index in [1.165, 1.54) is 16.4 Å². The number of carbonyl (C=O) groups excluding carboxylic acids is 1. The van der Waals surface area contributed by atoms with Crippen LogP contribution in [0.15, 0.2) is 65.6 Å². The zero-order valence-corrected chi connectivity index (χ0v) is 20.8. The van der Waals surface area contributed by atoms with Crippen LogP contribution < -0.4 is 10.1 Å². The summed E-state index contributed by atoms with van der Waals surface area (Å²) in [4.78, 5) is 16.3. The molecule has 0 aliphatic carbocycles. The van der Waals surface area contributed by atoms with Crippen molar-refractivity contribution in [3.05, 3.63) is 66.4 Å². The summed E-state index contributed by atoms with van der Waals surface area (Å²) in [7, 11) is -3.70. The van der Waals surface area contributed by atoms with E-state index in [1.807, 2.05) is 56.3 Å². The van der Waals surface area contributed by atoms with Crippen LogP contribution in [-0.2, 0) is 26.0 Å². The van der Waals surface area contributed by atoms with E-state index in [0.29, 0.717) is 44.2 Å². The highest BCUT2D eigenvalue weighted by Crippen LogP contribution is 2.30. The molecule has 186 valence electrons. The number of benzene rings is 2. The van der Waals surface area contributed by atoms with Crippen LogP contribution >= 0.6 is 0 Å². The molecule has 2 N–H and O–H groups in total. The zero-order chi connectivity index (χ0) is 24.8. The number of amides is 1. The van der Waals surface area contributed by atoms with Gasteiger partial charge in [-0.3, -0.25) is 4.79 Å². The average molecular weight is 498 g/mol. The fraction of sp³-hybridized carbons (Fsp3) is 0.346. The van der Waals surface area contributed by atoms with Gasteiger partial charge in [0.2, 0.25) is 15.9 Å². The Morgan fingerprint density at radius 1 is 1.09 bits per heavy atom. The predicted molar refractivity (Wildman–Crippen MR) is 135 cm³/mol. The minimum atomic E-state index is -3.70. The number of aromatic amines is 1. The molecule has 0 saturated carbocycles. The molecule has 4 rings (SSSR count). The Balaban J connectivity index is 1.47. The molecule has 1 saturated heterocycles. The maximum absolute atomic E-state index is 13.1. The summed E-state index contributed by atoms with van der Waals surface area (Å²) < 4.78 is 38.7. The van der Waals surface area contributed by atoms with Crippen molar-refractivity contribution in [2.45, 2.75) is 37.7 Å². The molecule has 0 atom stereocenters. The quantitative estimate of drug-likeness (QED) is 0.464. The Morgan fingerprint density at radius 2 is 1.83 bits per heavy atom. The van der Waals surface area contributed by atoms with Crippen molar-refractivity contribution in [1.82, 2.24) is 9.29 Å². The first kappa shape index (κ1) is 25.0. The summed E-state index contributed by atoms with van der Waals surface area (Å²) in [6.45, 7) is 5.08. The molecule has 0 unspecified atom stereocenters. The minimum absolute atomic E-state index is 0.114. The Hall–Kier alpha value is -3.14. The first-order valence-corrected chi connectivity index (χ1v) is 13.2. The first-order chi connectivity index (χ1) is 16.8. The number of ether oxygens (including phenoxy) is 2. The summed E-state index contributed by atoms with van der Waals surface area (Å²) in [5.74, 6) is 0.205. The number of hydrogen-bond donors (Lipinski definition) is 2. The molecule has 3 aromatic rings. The van der Waals surface area contributed by atoms with Gasteiger partial charge in [0.1, 0.15) is 5.75 Å². The minimum Gasteiger partial charge on any atom is -0.489 e. The number of carbonyl (C=O) groups is 1. The molecule has 0 spiro atoms. The summed E-state index contributed by atoms with van der Waals surface area (Å²) in [6.07, 6.45) is 0.615. The Kier molecular flexibility index (Phi) is 7.90. The van der Waals surface area contributed by atoms with Crippen molar-refractivity contribution in [3.63, 3.8) is 0 Å². The number of aryl methyl sites for hydroxylation is 1. The standard InChI is InChI=1S/C26H31N3O5S/c1-19(2)34-25-12-10-22(35(31,32)29-14-16-33-17-15-29)18-24(25)28-26(30)13-9-21-8-11-23(27-21)20-6-4-3-5-7-20/h3-8,10-12,18-19,27H,9,13-17H2,1-2H3,(H,28,30). The lowest BCUT2D eigenvalue weighted by atomic mass is 10.2. The van der Waals surface area contributed by atoms with Crippen molar-refractivity contribution < 1.29 is 22.7 Å². The van der Waals surface area contributed by atoms with Crippen LogP contribution in [0.4, 0.5) is 5.69 Å². The smallest absolute Gasteiger partial charge is 0.243 e. The Bertz CT molecular complexity index is 1250. The molecule has 2 heterocycles. The van der Waals surface area contributed by atoms with Gasteiger partial charge in [-0.1, -0.05) is 30.3 Å². The number of nitrogens with one attached hydrogen (secondary N) is 2. The van der Waals surface area contributed by atoms with Crippen LogP contribution in [0.1, 0.15) is 26.0 Å². The SMILES string of the molecule is CC(C)Oc1ccc(S(=O)(=O)N2CCOCC2)cc1NC(=O)CCc1ccc(-c2ccccc2)[nH]1. The Morgan fingerprint density at radius 3 is 2.54 bits per heavy atom. The number of sulfonamides is 1. The van der Waals surface area contributed by atoms with Crippen LogP contribution in [0.5, 0.6) is 5.75 Å². The second-order valence-electron chi connectivity index (χ2n) is 8.65. The molecule has 9 heteroatoms. The fourth-order valence-corrected chi connectivity index (χ4v) is 5.33. The molecule has 8 nitrogen and oxygen atoms in total. The molecule has 1 aliphatic heterocycles. The van der Waals surface area contributed by atoms with E-state index in [-0.39, 0.29) is 23.3 Å². The van der Waals surface area contributed by atoms with Crippen LogP contribution in [0.25, 0.3) is 11.3 Å². The molecule has 1 aliphatic rings. The molecule has 35 heavy (non-hydrogen) atoms. The number of rotatable bonds is 9. The van der Waals surface area contributed by atoms with E-state index in [1.54, 1.807) is 6.07 Å².